The number of hydrogen-bond donors (Lipinski definition) is 0. The number of benzene rings is 6. The van der Waals surface area contributed by atoms with Gasteiger partial charge in [0.05, 0.1) is 22.2 Å². The fourth-order valence-corrected chi connectivity index (χ4v) is 8.87. The van der Waals surface area contributed by atoms with Crippen molar-refractivity contribution < 1.29 is 9.21 Å². The molecule has 8 bridgehead atoms. The van der Waals surface area contributed by atoms with Crippen LogP contribution in [0.2, 0.25) is 0 Å². The number of nitrogens with zero attached hydrogens (tertiary/aromatic N) is 5. The fourth-order valence-electron chi connectivity index (χ4n) is 8.87. The van der Waals surface area contributed by atoms with Crippen LogP contribution >= 0.6 is 0 Å². The summed E-state index contributed by atoms with van der Waals surface area (Å²) in [7, 11) is 0. The minimum atomic E-state index is -0.384. The predicted molar refractivity (Wildman–Crippen MR) is 234 cm³/mol. The first-order chi connectivity index (χ1) is 27.5. The lowest BCUT2D eigenvalue weighted by Gasteiger charge is -2.34. The second-order valence-electron chi connectivity index (χ2n) is 16.5. The van der Waals surface area contributed by atoms with E-state index in [1.165, 1.54) is 38.7 Å². The summed E-state index contributed by atoms with van der Waals surface area (Å²) in [6.45, 7) is 15.4. The van der Waals surface area contributed by atoms with Crippen molar-refractivity contribution in [2.75, 3.05) is 4.81 Å². The molecular formula is C50H44BN5O. The van der Waals surface area contributed by atoms with Gasteiger partial charge in [0, 0.05) is 33.5 Å². The molecule has 0 saturated carbocycles. The van der Waals surface area contributed by atoms with Crippen LogP contribution in [0, 0.1) is 34.0 Å². The van der Waals surface area contributed by atoms with Crippen LogP contribution in [0.4, 0.5) is 11.5 Å². The quantitative estimate of drug-likeness (QED) is 0.131. The summed E-state index contributed by atoms with van der Waals surface area (Å²) in [4.78, 5) is 8.28. The van der Waals surface area contributed by atoms with E-state index in [1.807, 2.05) is 6.07 Å². The maximum absolute atomic E-state index is 6.72. The van der Waals surface area contributed by atoms with E-state index in [0.29, 0.717) is 0 Å². The van der Waals surface area contributed by atoms with E-state index in [1.54, 1.807) is 0 Å². The summed E-state index contributed by atoms with van der Waals surface area (Å²) >= 11 is 0. The molecule has 0 fully saturated rings. The molecule has 0 aliphatic carbocycles. The first-order valence-electron chi connectivity index (χ1n) is 19.8. The third-order valence-corrected chi connectivity index (χ3v) is 11.7. The highest BCUT2D eigenvalue weighted by Crippen LogP contribution is 2.40. The van der Waals surface area contributed by atoms with Gasteiger partial charge in [-0.15, -0.1) is 0 Å². The molecule has 0 saturated heterocycles. The Morgan fingerprint density at radius 2 is 1.23 bits per heavy atom. The molecule has 7 heteroatoms. The Morgan fingerprint density at radius 3 is 1.98 bits per heavy atom. The van der Waals surface area contributed by atoms with E-state index >= 15 is 0 Å². The first kappa shape index (κ1) is 34.9. The average molecular weight is 742 g/mol. The lowest BCUT2D eigenvalue weighted by atomic mass is 9.61. The number of pyridine rings is 1. The molecule has 0 N–H and O–H groups in total. The van der Waals surface area contributed by atoms with Crippen LogP contribution in [-0.4, -0.2) is 21.1 Å². The Bertz CT molecular complexity index is 3020. The van der Waals surface area contributed by atoms with Crippen molar-refractivity contribution in [2.24, 2.45) is 0 Å². The van der Waals surface area contributed by atoms with Crippen molar-refractivity contribution >= 4 is 56.8 Å². The Hall–Kier alpha value is -6.60. The van der Waals surface area contributed by atoms with Crippen LogP contribution in [0.15, 0.2) is 140 Å². The van der Waals surface area contributed by atoms with Gasteiger partial charge in [0.2, 0.25) is 6.33 Å². The van der Waals surface area contributed by atoms with Crippen molar-refractivity contribution in [3.8, 4) is 23.0 Å². The summed E-state index contributed by atoms with van der Waals surface area (Å²) in [6, 6.07) is 49.8. The molecule has 9 aromatic rings. The number of aryl methyl sites for hydroxylation is 4. The molecule has 4 heterocycles. The molecule has 0 unspecified atom stereocenters. The van der Waals surface area contributed by atoms with E-state index in [-0.39, 0.29) is 12.4 Å². The first-order valence-corrected chi connectivity index (χ1v) is 19.8. The van der Waals surface area contributed by atoms with Crippen LogP contribution < -0.4 is 19.5 Å². The van der Waals surface area contributed by atoms with E-state index in [4.69, 9.17) is 9.72 Å². The number of rotatable bonds is 2. The number of para-hydroxylation sites is 4. The molecule has 1 aliphatic rings. The summed E-state index contributed by atoms with van der Waals surface area (Å²) in [5.41, 5.74) is 13.2. The van der Waals surface area contributed by atoms with Gasteiger partial charge in [0.15, 0.2) is 0 Å². The van der Waals surface area contributed by atoms with Gasteiger partial charge >= 0.3 is 6.98 Å². The van der Waals surface area contributed by atoms with Gasteiger partial charge in [-0.3, -0.25) is 4.57 Å². The molecule has 1 aliphatic heterocycles. The minimum Gasteiger partial charge on any atom is -0.458 e. The van der Waals surface area contributed by atoms with Crippen LogP contribution in [0.5, 0.6) is 11.5 Å². The lowest BCUT2D eigenvalue weighted by molar-refractivity contribution is -0.511. The number of hydrogen-bond acceptors (Lipinski definition) is 3. The van der Waals surface area contributed by atoms with Gasteiger partial charge in [-0.05, 0) is 103 Å². The summed E-state index contributed by atoms with van der Waals surface area (Å²) in [5.74, 6) is 3.21. The van der Waals surface area contributed by atoms with Crippen molar-refractivity contribution in [1.82, 2.24) is 14.1 Å². The Kier molecular flexibility index (Phi) is 7.94. The molecule has 278 valence electrons. The second kappa shape index (κ2) is 13.0. The number of ether oxygens (including phenoxy) is 1. The van der Waals surface area contributed by atoms with Crippen LogP contribution in [-0.2, 0) is 5.41 Å². The van der Waals surface area contributed by atoms with Crippen LogP contribution in [0.3, 0.4) is 0 Å². The number of anilines is 2. The Balaban J connectivity index is 1.43. The number of imidazole rings is 1. The Morgan fingerprint density at radius 1 is 0.596 bits per heavy atom. The van der Waals surface area contributed by atoms with Gasteiger partial charge in [-0.2, -0.15) is 0 Å². The summed E-state index contributed by atoms with van der Waals surface area (Å²) < 4.78 is 13.5. The molecule has 6 aromatic carbocycles. The third-order valence-electron chi connectivity index (χ3n) is 11.7. The maximum Gasteiger partial charge on any atom is 0.525 e. The van der Waals surface area contributed by atoms with Gasteiger partial charge in [0.25, 0.3) is 0 Å². The smallest absolute Gasteiger partial charge is 0.458 e. The maximum atomic E-state index is 6.72. The number of fused-ring (bicyclic) bond motifs is 15. The second-order valence-corrected chi connectivity index (χ2v) is 16.5. The molecule has 6 nitrogen and oxygen atoms in total. The molecule has 0 atom stereocenters. The summed E-state index contributed by atoms with van der Waals surface area (Å²) in [6.07, 6.45) is 3.92. The highest BCUT2D eigenvalue weighted by atomic mass is 16.5. The fraction of sp³-hybridized carbons (Fsp3) is 0.160. The molecule has 57 heavy (non-hydrogen) atoms. The largest absolute Gasteiger partial charge is 0.525 e. The van der Waals surface area contributed by atoms with E-state index in [9.17, 15) is 0 Å². The van der Waals surface area contributed by atoms with Crippen molar-refractivity contribution in [3.63, 3.8) is 0 Å². The molecule has 10 rings (SSSR count). The summed E-state index contributed by atoms with van der Waals surface area (Å²) in [5, 5.41) is 2.31. The standard InChI is InChI=1S/C50H44BN5O/c1-32-15-12-16-33(2)48(32)51-54-31-53(43-23-10-11-24-44(43)54)37-19-14-20-38(29-37)57-39-25-26-41-40-21-8-9-22-42(40)55(45(41)30-39)46-27-36(50(5,6)7)28-47(52-46)56(51)49-34(3)17-13-18-35(49)4/h8-30H,1-7H3. The van der Waals surface area contributed by atoms with Gasteiger partial charge < -0.3 is 18.6 Å². The normalized spacial score (nSPS) is 12.9. The molecule has 0 radical (unpaired) electrons. The molecule has 0 amide bonds. The zero-order valence-corrected chi connectivity index (χ0v) is 33.5. The zero-order chi connectivity index (χ0) is 39.2. The molecular weight excluding hydrogens is 697 g/mol. The van der Waals surface area contributed by atoms with E-state index in [0.717, 1.165) is 62.0 Å². The zero-order valence-electron chi connectivity index (χ0n) is 33.5. The SMILES string of the molecule is Cc1cccc(C)c1B1N(c2c(C)cccc2C)c2cc(C(C)(C)C)cc(n2)-n2c3ccccc3c3ccc(cc32)Oc2cccc(c2)-n2[c-][n+]1c1ccccc12. The van der Waals surface area contributed by atoms with Gasteiger partial charge in [0.1, 0.15) is 23.1 Å². The van der Waals surface area contributed by atoms with Crippen molar-refractivity contribution in [2.45, 2.75) is 53.9 Å². The van der Waals surface area contributed by atoms with Gasteiger partial charge in [-0.1, -0.05) is 112 Å². The molecule has 3 aromatic heterocycles. The predicted octanol–water partition coefficient (Wildman–Crippen LogP) is 10.9. The Labute approximate surface area is 334 Å². The van der Waals surface area contributed by atoms with Crippen molar-refractivity contribution in [3.05, 3.63) is 174 Å². The third kappa shape index (κ3) is 5.63. The highest BCUT2D eigenvalue weighted by molar-refractivity contribution is 6.71. The van der Waals surface area contributed by atoms with Crippen LogP contribution in [0.1, 0.15) is 48.6 Å². The topological polar surface area (TPSA) is 39.1 Å². The number of aromatic nitrogens is 4. The van der Waals surface area contributed by atoms with E-state index < -0.39 is 0 Å². The lowest BCUT2D eigenvalue weighted by Crippen LogP contribution is -2.68. The average Bonchev–Trinajstić information content (AvgIpc) is 3.73. The van der Waals surface area contributed by atoms with Gasteiger partial charge in [-0.25, -0.2) is 4.98 Å². The minimum absolute atomic E-state index is 0.196. The monoisotopic (exact) mass is 741 g/mol. The highest BCUT2D eigenvalue weighted by Gasteiger charge is 2.41. The van der Waals surface area contributed by atoms with Crippen molar-refractivity contribution in [1.29, 1.82) is 0 Å². The van der Waals surface area contributed by atoms with E-state index in [2.05, 4.69) is 207 Å². The molecule has 0 spiro atoms. The van der Waals surface area contributed by atoms with Crippen LogP contribution in [0.25, 0.3) is 44.3 Å².